The Balaban J connectivity index is 1.73. The molecule has 1 amide bonds. The maximum Gasteiger partial charge on any atom is 0.412 e. The normalized spacial score (nSPS) is 10.7. The Morgan fingerprint density at radius 2 is 1.82 bits per heavy atom. The number of esters is 1. The van der Waals surface area contributed by atoms with Crippen molar-refractivity contribution < 1.29 is 19.1 Å². The van der Waals surface area contributed by atoms with E-state index in [4.69, 9.17) is 21.1 Å². The van der Waals surface area contributed by atoms with Crippen LogP contribution in [0.15, 0.2) is 64.8 Å². The zero-order valence-corrected chi connectivity index (χ0v) is 19.0. The van der Waals surface area contributed by atoms with Gasteiger partial charge in [-0.25, -0.2) is 9.59 Å². The maximum absolute atomic E-state index is 13.3. The van der Waals surface area contributed by atoms with E-state index in [-0.39, 0.29) is 34.7 Å². The summed E-state index contributed by atoms with van der Waals surface area (Å²) < 4.78 is 11.5. The van der Waals surface area contributed by atoms with Gasteiger partial charge in [0, 0.05) is 15.8 Å². The standard InChI is InChI=1S/C23H18ClN3O5S/c1-2-31-22(29)19-17-13-33-20(25-23(30)32-12-14-6-4-3-5-7-14)18(17)21(28)27(26-19)16-10-8-15(24)9-11-16/h3-11,13H,2,12H2,1H3,(H,25,30). The lowest BCUT2D eigenvalue weighted by Gasteiger charge is -2.10. The quantitative estimate of drug-likeness (QED) is 0.386. The van der Waals surface area contributed by atoms with Crippen molar-refractivity contribution in [3.05, 3.63) is 86.6 Å². The Bertz CT molecular complexity index is 1370. The summed E-state index contributed by atoms with van der Waals surface area (Å²) in [6.07, 6.45) is -0.727. The zero-order valence-electron chi connectivity index (χ0n) is 17.4. The van der Waals surface area contributed by atoms with E-state index < -0.39 is 17.6 Å². The van der Waals surface area contributed by atoms with E-state index in [0.29, 0.717) is 10.7 Å². The van der Waals surface area contributed by atoms with Crippen molar-refractivity contribution in [3.8, 4) is 5.69 Å². The van der Waals surface area contributed by atoms with Crippen molar-refractivity contribution in [2.24, 2.45) is 0 Å². The summed E-state index contributed by atoms with van der Waals surface area (Å²) in [7, 11) is 0. The van der Waals surface area contributed by atoms with Crippen molar-refractivity contribution in [2.75, 3.05) is 11.9 Å². The van der Waals surface area contributed by atoms with Gasteiger partial charge in [0.2, 0.25) is 0 Å². The minimum absolute atomic E-state index is 0.0386. The van der Waals surface area contributed by atoms with E-state index >= 15 is 0 Å². The number of thiophene rings is 1. The summed E-state index contributed by atoms with van der Waals surface area (Å²) in [6.45, 7) is 1.89. The van der Waals surface area contributed by atoms with Crippen LogP contribution < -0.4 is 10.9 Å². The summed E-state index contributed by atoms with van der Waals surface area (Å²) in [6, 6.07) is 15.6. The number of carbonyl (C=O) groups excluding carboxylic acids is 2. The fraction of sp³-hybridized carbons (Fsp3) is 0.130. The van der Waals surface area contributed by atoms with Crippen molar-refractivity contribution in [3.63, 3.8) is 0 Å². The minimum atomic E-state index is -0.727. The van der Waals surface area contributed by atoms with Gasteiger partial charge in [0.25, 0.3) is 5.56 Å². The molecule has 0 unspecified atom stereocenters. The predicted molar refractivity (Wildman–Crippen MR) is 126 cm³/mol. The molecule has 2 aromatic heterocycles. The van der Waals surface area contributed by atoms with Gasteiger partial charge in [0.1, 0.15) is 11.6 Å². The summed E-state index contributed by atoms with van der Waals surface area (Å²) in [4.78, 5) is 38.3. The molecule has 0 aliphatic heterocycles. The number of hydrogen-bond donors (Lipinski definition) is 1. The SMILES string of the molecule is CCOC(=O)c1nn(-c2ccc(Cl)cc2)c(=O)c2c(NC(=O)OCc3ccccc3)scc12. The number of benzene rings is 2. The third-order valence-electron chi connectivity index (χ3n) is 4.62. The second-order valence-corrected chi connectivity index (χ2v) is 8.12. The second-order valence-electron chi connectivity index (χ2n) is 6.80. The molecule has 4 rings (SSSR count). The predicted octanol–water partition coefficient (Wildman–Crippen LogP) is 5.03. The molecule has 33 heavy (non-hydrogen) atoms. The van der Waals surface area contributed by atoms with E-state index in [1.165, 1.54) is 0 Å². The first-order valence-electron chi connectivity index (χ1n) is 9.93. The third-order valence-corrected chi connectivity index (χ3v) is 5.77. The highest BCUT2D eigenvalue weighted by molar-refractivity contribution is 7.16. The molecule has 10 heteroatoms. The van der Waals surface area contributed by atoms with Gasteiger partial charge in [-0.3, -0.25) is 10.1 Å². The van der Waals surface area contributed by atoms with Crippen LogP contribution in [-0.4, -0.2) is 28.4 Å². The molecule has 0 fully saturated rings. The number of rotatable bonds is 6. The van der Waals surface area contributed by atoms with Crippen molar-refractivity contribution in [2.45, 2.75) is 13.5 Å². The largest absolute Gasteiger partial charge is 0.461 e. The minimum Gasteiger partial charge on any atom is -0.461 e. The highest BCUT2D eigenvalue weighted by Crippen LogP contribution is 2.31. The molecule has 0 aliphatic carbocycles. The van der Waals surface area contributed by atoms with Gasteiger partial charge in [-0.2, -0.15) is 9.78 Å². The van der Waals surface area contributed by atoms with Crippen LogP contribution in [0.1, 0.15) is 23.0 Å². The summed E-state index contributed by atoms with van der Waals surface area (Å²) in [5, 5.41) is 9.56. The molecule has 2 heterocycles. The van der Waals surface area contributed by atoms with Crippen LogP contribution >= 0.6 is 22.9 Å². The van der Waals surface area contributed by atoms with E-state index in [2.05, 4.69) is 10.4 Å². The summed E-state index contributed by atoms with van der Waals surface area (Å²) in [5.74, 6) is -0.679. The average Bonchev–Trinajstić information content (AvgIpc) is 3.23. The number of aromatic nitrogens is 2. The number of ether oxygens (including phenoxy) is 2. The maximum atomic E-state index is 13.3. The monoisotopic (exact) mass is 483 g/mol. The summed E-state index contributed by atoms with van der Waals surface area (Å²) >= 11 is 7.04. The van der Waals surface area contributed by atoms with E-state index in [0.717, 1.165) is 21.6 Å². The number of anilines is 1. The van der Waals surface area contributed by atoms with Crippen LogP contribution in [-0.2, 0) is 16.1 Å². The number of carbonyl (C=O) groups is 2. The molecule has 0 aliphatic rings. The van der Waals surface area contributed by atoms with Crippen LogP contribution in [0.5, 0.6) is 0 Å². The van der Waals surface area contributed by atoms with Crippen molar-refractivity contribution >= 4 is 50.8 Å². The number of halogens is 1. The molecule has 0 saturated heterocycles. The van der Waals surface area contributed by atoms with Gasteiger partial charge in [-0.1, -0.05) is 41.9 Å². The van der Waals surface area contributed by atoms with Crippen molar-refractivity contribution in [1.82, 2.24) is 9.78 Å². The highest BCUT2D eigenvalue weighted by atomic mass is 35.5. The molecule has 0 spiro atoms. The van der Waals surface area contributed by atoms with Gasteiger partial charge < -0.3 is 9.47 Å². The number of amides is 1. The fourth-order valence-corrected chi connectivity index (χ4v) is 4.15. The Morgan fingerprint density at radius 3 is 2.52 bits per heavy atom. The Hall–Kier alpha value is -3.69. The molecule has 8 nitrogen and oxygen atoms in total. The number of nitrogens with zero attached hydrogens (tertiary/aromatic N) is 2. The third kappa shape index (κ3) is 4.89. The lowest BCUT2D eigenvalue weighted by Crippen LogP contribution is -2.25. The van der Waals surface area contributed by atoms with Gasteiger partial charge in [0.05, 0.1) is 17.7 Å². The molecular formula is C23H18ClN3O5S. The van der Waals surface area contributed by atoms with Gasteiger partial charge in [0.15, 0.2) is 5.69 Å². The van der Waals surface area contributed by atoms with Gasteiger partial charge in [-0.05, 0) is 36.8 Å². The fourth-order valence-electron chi connectivity index (χ4n) is 3.10. The zero-order chi connectivity index (χ0) is 23.4. The lowest BCUT2D eigenvalue weighted by molar-refractivity contribution is 0.0520. The van der Waals surface area contributed by atoms with Crippen molar-refractivity contribution in [1.29, 1.82) is 0 Å². The Kier molecular flexibility index (Phi) is 6.71. The van der Waals surface area contributed by atoms with Crippen LogP contribution in [0, 0.1) is 0 Å². The molecule has 0 atom stereocenters. The smallest absolute Gasteiger partial charge is 0.412 e. The highest BCUT2D eigenvalue weighted by Gasteiger charge is 2.23. The lowest BCUT2D eigenvalue weighted by atomic mass is 10.2. The molecule has 0 bridgehead atoms. The molecule has 1 N–H and O–H groups in total. The van der Waals surface area contributed by atoms with Crippen LogP contribution in [0.25, 0.3) is 16.5 Å². The number of fused-ring (bicyclic) bond motifs is 1. The topological polar surface area (TPSA) is 99.5 Å². The molecule has 4 aromatic rings. The summed E-state index contributed by atoms with van der Waals surface area (Å²) in [5.41, 5.74) is 0.673. The van der Waals surface area contributed by atoms with E-state index in [1.54, 1.807) is 36.6 Å². The second kappa shape index (κ2) is 9.85. The van der Waals surface area contributed by atoms with E-state index in [1.807, 2.05) is 30.3 Å². The molecule has 2 aromatic carbocycles. The Morgan fingerprint density at radius 1 is 1.09 bits per heavy atom. The number of nitrogens with one attached hydrogen (secondary N) is 1. The Labute approximate surface area is 197 Å². The van der Waals surface area contributed by atoms with Gasteiger partial charge >= 0.3 is 12.1 Å². The first kappa shape index (κ1) is 22.5. The van der Waals surface area contributed by atoms with Crippen LogP contribution in [0.2, 0.25) is 5.02 Å². The molecule has 0 saturated carbocycles. The first-order valence-corrected chi connectivity index (χ1v) is 11.2. The van der Waals surface area contributed by atoms with E-state index in [9.17, 15) is 14.4 Å². The number of hydrogen-bond acceptors (Lipinski definition) is 7. The average molecular weight is 484 g/mol. The molecular weight excluding hydrogens is 466 g/mol. The first-order chi connectivity index (χ1) is 16.0. The van der Waals surface area contributed by atoms with Gasteiger partial charge in [-0.15, -0.1) is 11.3 Å². The van der Waals surface area contributed by atoms with Crippen LogP contribution in [0.3, 0.4) is 0 Å². The van der Waals surface area contributed by atoms with Crippen LogP contribution in [0.4, 0.5) is 9.80 Å². The molecule has 168 valence electrons. The molecule has 0 radical (unpaired) electrons.